The fraction of sp³-hybridized carbons (Fsp3) is 0.450. The second kappa shape index (κ2) is 7.94. The fourth-order valence-corrected chi connectivity index (χ4v) is 3.97. The molecule has 1 fully saturated rings. The van der Waals surface area contributed by atoms with Gasteiger partial charge in [-0.1, -0.05) is 42.8 Å². The van der Waals surface area contributed by atoms with Crippen molar-refractivity contribution >= 4 is 28.7 Å². The Hall–Kier alpha value is -2.74. The summed E-state index contributed by atoms with van der Waals surface area (Å²) in [5, 5.41) is 8.74. The van der Waals surface area contributed by atoms with Gasteiger partial charge in [0.1, 0.15) is 5.82 Å². The highest BCUT2D eigenvalue weighted by atomic mass is 35.5. The first-order valence-corrected chi connectivity index (χ1v) is 10.2. The van der Waals surface area contributed by atoms with Gasteiger partial charge in [0, 0.05) is 29.9 Å². The predicted molar refractivity (Wildman–Crippen MR) is 110 cm³/mol. The smallest absolute Gasteiger partial charge is 0.281 e. The third-order valence-corrected chi connectivity index (χ3v) is 5.46. The number of fused-ring (bicyclic) bond motifs is 1. The first-order valence-electron chi connectivity index (χ1n) is 9.79. The van der Waals surface area contributed by atoms with Crippen LogP contribution in [0, 0.1) is 5.92 Å². The Kier molecular flexibility index (Phi) is 5.36. The Morgan fingerprint density at radius 2 is 2.21 bits per heavy atom. The molecule has 1 atom stereocenters. The van der Waals surface area contributed by atoms with Crippen LogP contribution in [0.4, 0.5) is 0 Å². The summed E-state index contributed by atoms with van der Waals surface area (Å²) in [6, 6.07) is 7.45. The van der Waals surface area contributed by atoms with Crippen molar-refractivity contribution in [3.8, 4) is 0 Å². The minimum Gasteiger partial charge on any atom is -0.342 e. The molecule has 1 aliphatic rings. The zero-order chi connectivity index (χ0) is 20.5. The minimum absolute atomic E-state index is 0.0157. The van der Waals surface area contributed by atoms with Crippen LogP contribution in [-0.4, -0.2) is 48.9 Å². The number of carbonyl (C=O) groups excluding carboxylic acids is 1. The van der Waals surface area contributed by atoms with E-state index < -0.39 is 0 Å². The maximum Gasteiger partial charge on any atom is 0.281 e. The topological polar surface area (TPSA) is 96.8 Å². The van der Waals surface area contributed by atoms with Gasteiger partial charge in [-0.05, 0) is 30.5 Å². The van der Waals surface area contributed by atoms with Crippen molar-refractivity contribution in [1.29, 1.82) is 0 Å². The Morgan fingerprint density at radius 3 is 2.97 bits per heavy atom. The van der Waals surface area contributed by atoms with Crippen molar-refractivity contribution in [3.63, 3.8) is 0 Å². The molecule has 1 aliphatic heterocycles. The van der Waals surface area contributed by atoms with Gasteiger partial charge >= 0.3 is 0 Å². The molecule has 0 saturated carbocycles. The molecule has 3 heterocycles. The standard InChI is InChI=1S/C20H23ClN6O2/c1-12(2)20(29)26-8-4-6-14(11-26)17-22-18-16(19(28)23-17)24-25-27(18)10-13-5-3-7-15(21)9-13/h3,5,7,9,12,14H,4,6,8,10-11H2,1-2H3,(H,22,23,28). The number of piperidine rings is 1. The van der Waals surface area contributed by atoms with Gasteiger partial charge < -0.3 is 9.88 Å². The first-order chi connectivity index (χ1) is 13.9. The third-order valence-electron chi connectivity index (χ3n) is 5.23. The maximum absolute atomic E-state index is 12.6. The molecule has 0 bridgehead atoms. The summed E-state index contributed by atoms with van der Waals surface area (Å²) in [6.45, 7) is 5.52. The van der Waals surface area contributed by atoms with Crippen LogP contribution >= 0.6 is 11.6 Å². The second-order valence-corrected chi connectivity index (χ2v) is 8.21. The van der Waals surface area contributed by atoms with Crippen molar-refractivity contribution in [2.45, 2.75) is 39.2 Å². The molecule has 1 amide bonds. The van der Waals surface area contributed by atoms with Crippen molar-refractivity contribution in [2.75, 3.05) is 13.1 Å². The number of aromatic amines is 1. The number of carbonyl (C=O) groups is 1. The number of hydrogen-bond acceptors (Lipinski definition) is 5. The lowest BCUT2D eigenvalue weighted by atomic mass is 9.96. The number of H-pyrrole nitrogens is 1. The van der Waals surface area contributed by atoms with E-state index >= 15 is 0 Å². The molecule has 0 radical (unpaired) electrons. The van der Waals surface area contributed by atoms with E-state index in [2.05, 4.69) is 20.3 Å². The molecule has 152 valence electrons. The molecule has 1 aromatic carbocycles. The van der Waals surface area contributed by atoms with Crippen molar-refractivity contribution in [1.82, 2.24) is 29.9 Å². The highest BCUT2D eigenvalue weighted by Gasteiger charge is 2.28. The predicted octanol–water partition coefficient (Wildman–Crippen LogP) is 2.58. The Balaban J connectivity index is 1.66. The largest absolute Gasteiger partial charge is 0.342 e. The Labute approximate surface area is 172 Å². The number of nitrogens with one attached hydrogen (secondary N) is 1. The van der Waals surface area contributed by atoms with E-state index in [0.717, 1.165) is 24.9 Å². The second-order valence-electron chi connectivity index (χ2n) is 7.78. The summed E-state index contributed by atoms with van der Waals surface area (Å²) >= 11 is 6.07. The summed E-state index contributed by atoms with van der Waals surface area (Å²) in [6.07, 6.45) is 1.75. The van der Waals surface area contributed by atoms with Crippen LogP contribution in [-0.2, 0) is 11.3 Å². The van der Waals surface area contributed by atoms with E-state index in [0.29, 0.717) is 29.6 Å². The third kappa shape index (κ3) is 4.03. The average Bonchev–Trinajstić information content (AvgIpc) is 3.11. The summed E-state index contributed by atoms with van der Waals surface area (Å²) in [5.74, 6) is 0.647. The SMILES string of the molecule is CC(C)C(=O)N1CCCC(c2nc3c(nnn3Cc3cccc(Cl)c3)c(=O)[nH]2)C1. The van der Waals surface area contributed by atoms with Gasteiger partial charge in [-0.3, -0.25) is 9.59 Å². The number of likely N-dealkylation sites (tertiary alicyclic amines) is 1. The number of nitrogens with zero attached hydrogens (tertiary/aromatic N) is 5. The van der Waals surface area contributed by atoms with Crippen molar-refractivity contribution in [3.05, 3.63) is 51.0 Å². The van der Waals surface area contributed by atoms with E-state index in [4.69, 9.17) is 11.6 Å². The van der Waals surface area contributed by atoms with E-state index in [1.54, 1.807) is 10.7 Å². The number of halogens is 1. The van der Waals surface area contributed by atoms with Crippen molar-refractivity contribution in [2.24, 2.45) is 5.92 Å². The van der Waals surface area contributed by atoms with Crippen LogP contribution < -0.4 is 5.56 Å². The van der Waals surface area contributed by atoms with E-state index in [1.807, 2.05) is 36.9 Å². The molecule has 8 nitrogen and oxygen atoms in total. The number of aromatic nitrogens is 5. The number of amides is 1. The average molecular weight is 415 g/mol. The number of rotatable bonds is 4. The summed E-state index contributed by atoms with van der Waals surface area (Å²) < 4.78 is 1.61. The van der Waals surface area contributed by atoms with Crippen LogP contribution in [0.15, 0.2) is 29.1 Å². The molecule has 0 spiro atoms. The normalized spacial score (nSPS) is 17.2. The lowest BCUT2D eigenvalue weighted by molar-refractivity contribution is -0.135. The highest BCUT2D eigenvalue weighted by Crippen LogP contribution is 2.25. The summed E-state index contributed by atoms with van der Waals surface area (Å²) in [7, 11) is 0. The molecule has 4 rings (SSSR count). The van der Waals surface area contributed by atoms with Gasteiger partial charge in [0.15, 0.2) is 11.2 Å². The van der Waals surface area contributed by atoms with Crippen LogP contribution in [0.3, 0.4) is 0 Å². The molecule has 29 heavy (non-hydrogen) atoms. The van der Waals surface area contributed by atoms with Crippen LogP contribution in [0.1, 0.15) is 44.0 Å². The van der Waals surface area contributed by atoms with Crippen LogP contribution in [0.2, 0.25) is 5.02 Å². The van der Waals surface area contributed by atoms with Gasteiger partial charge in [0.2, 0.25) is 5.91 Å². The van der Waals surface area contributed by atoms with E-state index in [1.165, 1.54) is 0 Å². The molecule has 1 saturated heterocycles. The minimum atomic E-state index is -0.311. The molecule has 1 unspecified atom stereocenters. The Bertz CT molecular complexity index is 1110. The van der Waals surface area contributed by atoms with Crippen LogP contribution in [0.25, 0.3) is 11.2 Å². The van der Waals surface area contributed by atoms with Gasteiger partial charge in [-0.15, -0.1) is 5.10 Å². The molecular formula is C20H23ClN6O2. The number of benzene rings is 1. The molecule has 1 N–H and O–H groups in total. The molecule has 0 aliphatic carbocycles. The van der Waals surface area contributed by atoms with Gasteiger partial charge in [-0.25, -0.2) is 9.67 Å². The highest BCUT2D eigenvalue weighted by molar-refractivity contribution is 6.30. The lowest BCUT2D eigenvalue weighted by Gasteiger charge is -2.33. The van der Waals surface area contributed by atoms with Gasteiger partial charge in [0.25, 0.3) is 5.56 Å². The Morgan fingerprint density at radius 1 is 1.38 bits per heavy atom. The van der Waals surface area contributed by atoms with E-state index in [-0.39, 0.29) is 28.8 Å². The van der Waals surface area contributed by atoms with Crippen LogP contribution in [0.5, 0.6) is 0 Å². The molecule has 2 aromatic heterocycles. The summed E-state index contributed by atoms with van der Waals surface area (Å²) in [5.41, 5.74) is 1.28. The van der Waals surface area contributed by atoms with Gasteiger partial charge in [-0.2, -0.15) is 0 Å². The first kappa shape index (κ1) is 19.6. The van der Waals surface area contributed by atoms with E-state index in [9.17, 15) is 9.59 Å². The fourth-order valence-electron chi connectivity index (χ4n) is 3.76. The van der Waals surface area contributed by atoms with Gasteiger partial charge in [0.05, 0.1) is 6.54 Å². The molecule has 9 heteroatoms. The maximum atomic E-state index is 12.6. The van der Waals surface area contributed by atoms with Crippen molar-refractivity contribution < 1.29 is 4.79 Å². The molecular weight excluding hydrogens is 392 g/mol. The zero-order valence-electron chi connectivity index (χ0n) is 16.4. The number of hydrogen-bond donors (Lipinski definition) is 1. The lowest BCUT2D eigenvalue weighted by Crippen LogP contribution is -2.41. The molecule has 3 aromatic rings. The summed E-state index contributed by atoms with van der Waals surface area (Å²) in [4.78, 5) is 34.4. The zero-order valence-corrected chi connectivity index (χ0v) is 17.2. The quantitative estimate of drug-likeness (QED) is 0.707. The monoisotopic (exact) mass is 414 g/mol.